The second-order valence-electron chi connectivity index (χ2n) is 4.04. The van der Waals surface area contributed by atoms with Crippen molar-refractivity contribution in [2.45, 2.75) is 19.6 Å². The van der Waals surface area contributed by atoms with E-state index in [4.69, 9.17) is 4.74 Å². The normalized spacial score (nSPS) is 10.9. The van der Waals surface area contributed by atoms with Gasteiger partial charge < -0.3 is 9.64 Å². The molecule has 0 unspecified atom stereocenters. The van der Waals surface area contributed by atoms with E-state index in [1.54, 1.807) is 7.11 Å². The van der Waals surface area contributed by atoms with Gasteiger partial charge in [0.1, 0.15) is 5.75 Å². The zero-order valence-corrected chi connectivity index (χ0v) is 13.8. The lowest BCUT2D eigenvalue weighted by Gasteiger charge is -2.17. The third-order valence-corrected chi connectivity index (χ3v) is 4.72. The summed E-state index contributed by atoms with van der Waals surface area (Å²) in [6, 6.07) is 6.14. The first-order valence-corrected chi connectivity index (χ1v) is 8.28. The topological polar surface area (TPSA) is 12.5 Å². The van der Waals surface area contributed by atoms with E-state index >= 15 is 0 Å². The lowest BCUT2D eigenvalue weighted by atomic mass is 10.2. The second-order valence-corrected chi connectivity index (χ2v) is 6.00. The Hall–Kier alpha value is -0.190. The van der Waals surface area contributed by atoms with Crippen molar-refractivity contribution in [1.29, 1.82) is 0 Å². The molecule has 1 aromatic carbocycles. The number of hydrogen-bond donors (Lipinski definition) is 0. The van der Waals surface area contributed by atoms with E-state index < -0.39 is 0 Å². The van der Waals surface area contributed by atoms with E-state index in [0.717, 1.165) is 24.6 Å². The Morgan fingerprint density at radius 1 is 1.28 bits per heavy atom. The first-order valence-electron chi connectivity index (χ1n) is 6.33. The Morgan fingerprint density at radius 2 is 2.00 bits per heavy atom. The number of nitrogens with zero attached hydrogens (tertiary/aromatic N) is 1. The lowest BCUT2D eigenvalue weighted by molar-refractivity contribution is 0.324. The molecule has 0 bridgehead atoms. The summed E-state index contributed by atoms with van der Waals surface area (Å²) >= 11 is 5.56. The van der Waals surface area contributed by atoms with Gasteiger partial charge in [0, 0.05) is 22.5 Å². The average Bonchev–Trinajstić information content (AvgIpc) is 2.41. The third kappa shape index (κ3) is 5.21. The molecule has 0 aromatic heterocycles. The molecule has 4 heteroatoms. The number of rotatable bonds is 8. The van der Waals surface area contributed by atoms with Gasteiger partial charge in [-0.05, 0) is 36.9 Å². The molecule has 0 N–H and O–H groups in total. The van der Waals surface area contributed by atoms with Crippen LogP contribution in [0.15, 0.2) is 22.7 Å². The molecule has 0 radical (unpaired) electrons. The second kappa shape index (κ2) is 8.83. The Labute approximate surface area is 123 Å². The summed E-state index contributed by atoms with van der Waals surface area (Å²) in [6.45, 7) is 7.87. The quantitative estimate of drug-likeness (QED) is 0.667. The van der Waals surface area contributed by atoms with E-state index in [2.05, 4.69) is 46.8 Å². The first kappa shape index (κ1) is 15.9. The molecule has 0 aliphatic carbocycles. The van der Waals surface area contributed by atoms with Gasteiger partial charge in [0.2, 0.25) is 0 Å². The molecule has 2 nitrogen and oxygen atoms in total. The highest BCUT2D eigenvalue weighted by Gasteiger charge is 2.03. The fourth-order valence-corrected chi connectivity index (χ4v) is 3.27. The molecule has 0 atom stereocenters. The standard InChI is InChI=1S/C14H22BrNOS/c1-4-16(5-2)8-9-18-11-12-10-13(17-3)6-7-14(12)15/h6-7,10H,4-5,8-9,11H2,1-3H3. The summed E-state index contributed by atoms with van der Waals surface area (Å²) in [5.41, 5.74) is 1.30. The monoisotopic (exact) mass is 331 g/mol. The number of ether oxygens (including phenoxy) is 1. The van der Waals surface area contributed by atoms with E-state index in [1.165, 1.54) is 22.3 Å². The summed E-state index contributed by atoms with van der Waals surface area (Å²) in [7, 11) is 1.71. The number of halogens is 1. The van der Waals surface area contributed by atoms with Crippen LogP contribution in [0.3, 0.4) is 0 Å². The van der Waals surface area contributed by atoms with Gasteiger partial charge in [-0.25, -0.2) is 0 Å². The Kier molecular flexibility index (Phi) is 7.79. The minimum atomic E-state index is 0.928. The van der Waals surface area contributed by atoms with Gasteiger partial charge >= 0.3 is 0 Å². The molecule has 102 valence electrons. The predicted molar refractivity (Wildman–Crippen MR) is 84.6 cm³/mol. The van der Waals surface area contributed by atoms with Crippen molar-refractivity contribution in [2.24, 2.45) is 0 Å². The van der Waals surface area contributed by atoms with Crippen LogP contribution in [0.2, 0.25) is 0 Å². The number of hydrogen-bond acceptors (Lipinski definition) is 3. The highest BCUT2D eigenvalue weighted by molar-refractivity contribution is 9.10. The van der Waals surface area contributed by atoms with Crippen LogP contribution in [-0.4, -0.2) is 37.4 Å². The Bertz CT molecular complexity index is 356. The summed E-state index contributed by atoms with van der Waals surface area (Å²) in [6.07, 6.45) is 0. The predicted octanol–water partition coefficient (Wildman–Crippen LogP) is 4.03. The van der Waals surface area contributed by atoms with E-state index in [9.17, 15) is 0 Å². The largest absolute Gasteiger partial charge is 0.497 e. The maximum absolute atomic E-state index is 5.25. The van der Waals surface area contributed by atoms with Crippen LogP contribution in [0.5, 0.6) is 5.75 Å². The van der Waals surface area contributed by atoms with Crippen molar-refractivity contribution >= 4 is 27.7 Å². The minimum absolute atomic E-state index is 0.928. The van der Waals surface area contributed by atoms with Crippen molar-refractivity contribution in [3.05, 3.63) is 28.2 Å². The van der Waals surface area contributed by atoms with Crippen LogP contribution in [0, 0.1) is 0 Å². The molecule has 18 heavy (non-hydrogen) atoms. The molecule has 0 aliphatic heterocycles. The molecule has 0 saturated carbocycles. The Morgan fingerprint density at radius 3 is 2.61 bits per heavy atom. The van der Waals surface area contributed by atoms with Crippen molar-refractivity contribution in [1.82, 2.24) is 4.90 Å². The molecule has 0 fully saturated rings. The average molecular weight is 332 g/mol. The van der Waals surface area contributed by atoms with Crippen molar-refractivity contribution in [3.8, 4) is 5.75 Å². The molecule has 0 amide bonds. The van der Waals surface area contributed by atoms with Crippen LogP contribution in [0.25, 0.3) is 0 Å². The molecule has 1 aromatic rings. The summed E-state index contributed by atoms with van der Waals surface area (Å²) < 4.78 is 6.42. The van der Waals surface area contributed by atoms with Crippen LogP contribution in [-0.2, 0) is 5.75 Å². The molecule has 0 spiro atoms. The molecular weight excluding hydrogens is 310 g/mol. The molecule has 0 aliphatic rings. The fraction of sp³-hybridized carbons (Fsp3) is 0.571. The van der Waals surface area contributed by atoms with E-state index in [1.807, 2.05) is 17.8 Å². The van der Waals surface area contributed by atoms with E-state index in [-0.39, 0.29) is 0 Å². The molecule has 1 rings (SSSR count). The number of benzene rings is 1. The zero-order valence-electron chi connectivity index (χ0n) is 11.4. The van der Waals surface area contributed by atoms with Crippen molar-refractivity contribution in [2.75, 3.05) is 32.5 Å². The third-order valence-electron chi connectivity index (χ3n) is 2.96. The summed E-state index contributed by atoms with van der Waals surface area (Å²) in [5.74, 6) is 3.13. The van der Waals surface area contributed by atoms with Gasteiger partial charge in [-0.15, -0.1) is 0 Å². The maximum Gasteiger partial charge on any atom is 0.119 e. The number of thioether (sulfide) groups is 1. The van der Waals surface area contributed by atoms with Gasteiger partial charge in [-0.2, -0.15) is 11.8 Å². The van der Waals surface area contributed by atoms with Crippen LogP contribution in [0.4, 0.5) is 0 Å². The SMILES string of the molecule is CCN(CC)CCSCc1cc(OC)ccc1Br. The van der Waals surface area contributed by atoms with Gasteiger partial charge in [-0.3, -0.25) is 0 Å². The highest BCUT2D eigenvalue weighted by Crippen LogP contribution is 2.26. The minimum Gasteiger partial charge on any atom is -0.497 e. The highest BCUT2D eigenvalue weighted by atomic mass is 79.9. The molecular formula is C14H22BrNOS. The summed E-state index contributed by atoms with van der Waals surface area (Å²) in [4.78, 5) is 2.45. The lowest BCUT2D eigenvalue weighted by Crippen LogP contribution is -2.25. The van der Waals surface area contributed by atoms with E-state index in [0.29, 0.717) is 0 Å². The maximum atomic E-state index is 5.25. The number of methoxy groups -OCH3 is 1. The van der Waals surface area contributed by atoms with Crippen LogP contribution >= 0.6 is 27.7 Å². The summed E-state index contributed by atoms with van der Waals surface area (Å²) in [5, 5.41) is 0. The first-order chi connectivity index (χ1) is 8.71. The zero-order chi connectivity index (χ0) is 13.4. The Balaban J connectivity index is 2.39. The van der Waals surface area contributed by atoms with Crippen LogP contribution < -0.4 is 4.74 Å². The van der Waals surface area contributed by atoms with Gasteiger partial charge in [0.25, 0.3) is 0 Å². The fourth-order valence-electron chi connectivity index (χ4n) is 1.70. The van der Waals surface area contributed by atoms with Gasteiger partial charge in [0.15, 0.2) is 0 Å². The van der Waals surface area contributed by atoms with Gasteiger partial charge in [0.05, 0.1) is 7.11 Å². The smallest absolute Gasteiger partial charge is 0.119 e. The van der Waals surface area contributed by atoms with Crippen molar-refractivity contribution < 1.29 is 4.74 Å². The molecule has 0 heterocycles. The van der Waals surface area contributed by atoms with Gasteiger partial charge in [-0.1, -0.05) is 29.8 Å². The van der Waals surface area contributed by atoms with Crippen molar-refractivity contribution in [3.63, 3.8) is 0 Å². The van der Waals surface area contributed by atoms with Crippen LogP contribution in [0.1, 0.15) is 19.4 Å². The molecule has 0 saturated heterocycles.